The zero-order valence-electron chi connectivity index (χ0n) is 16.6. The molecule has 0 aliphatic carbocycles. The molecule has 0 unspecified atom stereocenters. The summed E-state index contributed by atoms with van der Waals surface area (Å²) < 4.78 is 5.31. The van der Waals surface area contributed by atoms with Crippen LogP contribution >= 0.6 is 0 Å². The van der Waals surface area contributed by atoms with Crippen molar-refractivity contribution >= 4 is 16.9 Å². The van der Waals surface area contributed by atoms with Gasteiger partial charge in [-0.05, 0) is 36.6 Å². The molecule has 150 valence electrons. The lowest BCUT2D eigenvalue weighted by Gasteiger charge is -2.11. The maximum atomic E-state index is 5.31. The molecular formula is C21H25N7O. The number of guanidine groups is 1. The van der Waals surface area contributed by atoms with E-state index in [1.807, 2.05) is 12.1 Å². The van der Waals surface area contributed by atoms with Crippen LogP contribution in [0, 0.1) is 6.92 Å². The van der Waals surface area contributed by atoms with Crippen LogP contribution in [0.15, 0.2) is 52.2 Å². The summed E-state index contributed by atoms with van der Waals surface area (Å²) in [5.41, 5.74) is 3.78. The first-order valence-corrected chi connectivity index (χ1v) is 9.70. The molecule has 0 atom stereocenters. The Morgan fingerprint density at radius 1 is 1.14 bits per heavy atom. The zero-order valence-corrected chi connectivity index (χ0v) is 16.6. The largest absolute Gasteiger partial charge is 0.461 e. The van der Waals surface area contributed by atoms with E-state index in [1.165, 1.54) is 22.0 Å². The third-order valence-electron chi connectivity index (χ3n) is 4.85. The molecule has 0 aliphatic rings. The number of aryl methyl sites for hydroxylation is 1. The Labute approximate surface area is 168 Å². The second-order valence-corrected chi connectivity index (χ2v) is 6.82. The van der Waals surface area contributed by atoms with Gasteiger partial charge >= 0.3 is 0 Å². The standard InChI is InChI=1S/C21H25N7O/c1-14-5-3-6-16-15(13-25-19(14)16)8-10-23-21(22-2)24-11-9-18-26-20(28-27-18)17-7-4-12-29-17/h3-7,12-13,25H,8-11H2,1-2H3,(H2,22,23,24)(H,26,27,28). The Hall–Kier alpha value is -3.55. The molecule has 4 rings (SSSR count). The monoisotopic (exact) mass is 391 g/mol. The van der Waals surface area contributed by atoms with E-state index in [4.69, 9.17) is 4.42 Å². The van der Waals surface area contributed by atoms with Crippen LogP contribution in [-0.2, 0) is 12.8 Å². The van der Waals surface area contributed by atoms with Gasteiger partial charge in [0.1, 0.15) is 5.82 Å². The number of hydrogen-bond donors (Lipinski definition) is 4. The molecule has 0 bridgehead atoms. The maximum Gasteiger partial charge on any atom is 0.216 e. The molecule has 29 heavy (non-hydrogen) atoms. The molecule has 8 heteroatoms. The highest BCUT2D eigenvalue weighted by molar-refractivity contribution is 5.86. The van der Waals surface area contributed by atoms with E-state index in [2.05, 4.69) is 67.1 Å². The van der Waals surface area contributed by atoms with Crippen molar-refractivity contribution in [2.75, 3.05) is 20.1 Å². The van der Waals surface area contributed by atoms with Crippen LogP contribution in [0.5, 0.6) is 0 Å². The van der Waals surface area contributed by atoms with Crippen LogP contribution in [0.25, 0.3) is 22.5 Å². The van der Waals surface area contributed by atoms with Crippen molar-refractivity contribution in [3.05, 3.63) is 59.7 Å². The van der Waals surface area contributed by atoms with E-state index in [1.54, 1.807) is 13.3 Å². The van der Waals surface area contributed by atoms with Crippen LogP contribution in [-0.4, -0.2) is 46.3 Å². The van der Waals surface area contributed by atoms with E-state index in [-0.39, 0.29) is 0 Å². The van der Waals surface area contributed by atoms with Crippen molar-refractivity contribution in [3.63, 3.8) is 0 Å². The summed E-state index contributed by atoms with van der Waals surface area (Å²) in [6.07, 6.45) is 5.32. The highest BCUT2D eigenvalue weighted by Crippen LogP contribution is 2.21. The molecule has 8 nitrogen and oxygen atoms in total. The maximum absolute atomic E-state index is 5.31. The van der Waals surface area contributed by atoms with Crippen molar-refractivity contribution < 1.29 is 4.42 Å². The lowest BCUT2D eigenvalue weighted by atomic mass is 10.1. The third-order valence-corrected chi connectivity index (χ3v) is 4.85. The van der Waals surface area contributed by atoms with Crippen LogP contribution < -0.4 is 10.6 Å². The molecule has 0 saturated heterocycles. The Kier molecular flexibility index (Phi) is 5.60. The van der Waals surface area contributed by atoms with Crippen molar-refractivity contribution in [3.8, 4) is 11.6 Å². The summed E-state index contributed by atoms with van der Waals surface area (Å²) in [6.45, 7) is 3.61. The van der Waals surface area contributed by atoms with E-state index < -0.39 is 0 Å². The number of fused-ring (bicyclic) bond motifs is 1. The molecule has 3 aromatic heterocycles. The van der Waals surface area contributed by atoms with E-state index >= 15 is 0 Å². The molecule has 0 fully saturated rings. The van der Waals surface area contributed by atoms with Gasteiger partial charge in [-0.3, -0.25) is 10.1 Å². The van der Waals surface area contributed by atoms with E-state index in [0.29, 0.717) is 24.6 Å². The van der Waals surface area contributed by atoms with E-state index in [9.17, 15) is 0 Å². The number of para-hydroxylation sites is 1. The normalized spacial score (nSPS) is 11.9. The summed E-state index contributed by atoms with van der Waals surface area (Å²) in [4.78, 5) is 12.1. The van der Waals surface area contributed by atoms with Crippen molar-refractivity contribution in [2.24, 2.45) is 4.99 Å². The second-order valence-electron chi connectivity index (χ2n) is 6.82. The Morgan fingerprint density at radius 3 is 2.79 bits per heavy atom. The lowest BCUT2D eigenvalue weighted by molar-refractivity contribution is 0.577. The number of aromatic nitrogens is 4. The average Bonchev–Trinajstić information content (AvgIpc) is 3.48. The quantitative estimate of drug-likeness (QED) is 0.286. The zero-order chi connectivity index (χ0) is 20.1. The predicted octanol–water partition coefficient (Wildman–Crippen LogP) is 2.80. The van der Waals surface area contributed by atoms with Crippen molar-refractivity contribution in [1.82, 2.24) is 30.8 Å². The number of nitrogens with zero attached hydrogens (tertiary/aromatic N) is 3. The Bertz CT molecular complexity index is 1090. The summed E-state index contributed by atoms with van der Waals surface area (Å²) in [6, 6.07) is 10.0. The molecule has 3 heterocycles. The van der Waals surface area contributed by atoms with Crippen LogP contribution in [0.1, 0.15) is 17.0 Å². The number of hydrogen-bond acceptors (Lipinski definition) is 4. The van der Waals surface area contributed by atoms with Gasteiger partial charge in [0.05, 0.1) is 6.26 Å². The highest BCUT2D eigenvalue weighted by atomic mass is 16.3. The summed E-state index contributed by atoms with van der Waals surface area (Å²) in [5.74, 6) is 2.80. The van der Waals surface area contributed by atoms with Gasteiger partial charge in [-0.25, -0.2) is 4.98 Å². The number of furan rings is 1. The number of H-pyrrole nitrogens is 2. The van der Waals surface area contributed by atoms with Crippen molar-refractivity contribution in [1.29, 1.82) is 0 Å². The minimum absolute atomic E-state index is 0.571. The van der Waals surface area contributed by atoms with Gasteiger partial charge < -0.3 is 20.0 Å². The van der Waals surface area contributed by atoms with Gasteiger partial charge in [0.15, 0.2) is 11.7 Å². The van der Waals surface area contributed by atoms with Crippen LogP contribution in [0.2, 0.25) is 0 Å². The van der Waals surface area contributed by atoms with Gasteiger partial charge in [-0.2, -0.15) is 5.10 Å². The third kappa shape index (κ3) is 4.31. The molecule has 4 N–H and O–H groups in total. The van der Waals surface area contributed by atoms with Gasteiger partial charge in [0.2, 0.25) is 5.82 Å². The first kappa shape index (κ1) is 18.8. The SMILES string of the molecule is CN=C(NCCc1nc(-c2ccco2)n[nH]1)NCCc1c[nH]c2c(C)cccc12. The van der Waals surface area contributed by atoms with Gasteiger partial charge in [-0.1, -0.05) is 18.2 Å². The van der Waals surface area contributed by atoms with Gasteiger partial charge in [-0.15, -0.1) is 0 Å². The lowest BCUT2D eigenvalue weighted by Crippen LogP contribution is -2.39. The fraction of sp³-hybridized carbons (Fsp3) is 0.286. The molecule has 0 radical (unpaired) electrons. The molecule has 0 saturated carbocycles. The fourth-order valence-electron chi connectivity index (χ4n) is 3.33. The molecule has 0 amide bonds. The van der Waals surface area contributed by atoms with Gasteiger partial charge in [0.25, 0.3) is 0 Å². The first-order valence-electron chi connectivity index (χ1n) is 9.70. The minimum atomic E-state index is 0.571. The summed E-state index contributed by atoms with van der Waals surface area (Å²) in [5, 5.41) is 15.1. The van der Waals surface area contributed by atoms with Crippen LogP contribution in [0.3, 0.4) is 0 Å². The smallest absolute Gasteiger partial charge is 0.216 e. The highest BCUT2D eigenvalue weighted by Gasteiger charge is 2.09. The number of rotatable bonds is 7. The number of aliphatic imine (C=N–C) groups is 1. The minimum Gasteiger partial charge on any atom is -0.461 e. The number of aromatic amines is 2. The van der Waals surface area contributed by atoms with E-state index in [0.717, 1.165) is 24.7 Å². The topological polar surface area (TPSA) is 107 Å². The average molecular weight is 391 g/mol. The van der Waals surface area contributed by atoms with Gasteiger partial charge in [0, 0.05) is 43.7 Å². The van der Waals surface area contributed by atoms with Crippen LogP contribution in [0.4, 0.5) is 0 Å². The Balaban J connectivity index is 1.24. The number of benzene rings is 1. The first-order chi connectivity index (χ1) is 14.2. The Morgan fingerprint density at radius 2 is 2.00 bits per heavy atom. The summed E-state index contributed by atoms with van der Waals surface area (Å²) in [7, 11) is 1.77. The van der Waals surface area contributed by atoms with Crippen molar-refractivity contribution in [2.45, 2.75) is 19.8 Å². The predicted molar refractivity (Wildman–Crippen MR) is 114 cm³/mol. The fourth-order valence-corrected chi connectivity index (χ4v) is 3.33. The molecule has 0 aliphatic heterocycles. The summed E-state index contributed by atoms with van der Waals surface area (Å²) >= 11 is 0. The second kappa shape index (κ2) is 8.64. The molecular weight excluding hydrogens is 366 g/mol. The molecule has 1 aromatic carbocycles. The molecule has 0 spiro atoms. The number of nitrogens with one attached hydrogen (secondary N) is 4. The molecule has 4 aromatic rings.